The fourth-order valence-electron chi connectivity index (χ4n) is 33.3. The van der Waals surface area contributed by atoms with Gasteiger partial charge in [-0.05, 0) is 440 Å². The van der Waals surface area contributed by atoms with Crippen LogP contribution in [0.3, 0.4) is 0 Å². The van der Waals surface area contributed by atoms with Crippen LogP contribution in [0.5, 0.6) is 0 Å². The van der Waals surface area contributed by atoms with E-state index >= 15 is 0 Å². The van der Waals surface area contributed by atoms with Gasteiger partial charge in [-0.2, -0.15) is 0 Å². The number of ketones is 4. The lowest BCUT2D eigenvalue weighted by Gasteiger charge is -2.56. The van der Waals surface area contributed by atoms with E-state index in [1.807, 2.05) is 87.4 Å². The third-order valence-electron chi connectivity index (χ3n) is 39.3. The highest BCUT2D eigenvalue weighted by atomic mass is 16.4. The fraction of sp³-hybridized carbons (Fsp3) is 0.808. The molecule has 4 aromatic rings. The Morgan fingerprint density at radius 3 is 1.02 bits per heavy atom. The van der Waals surface area contributed by atoms with Crippen LogP contribution in [-0.4, -0.2) is 85.9 Å². The predicted octanol–water partition coefficient (Wildman–Crippen LogP) is 21.4. The fourth-order valence-corrected chi connectivity index (χ4v) is 33.3. The normalized spacial score (nSPS) is 45.1. The Morgan fingerprint density at radius 1 is 0.353 bits per heavy atom. The molecule has 0 unspecified atom stereocenters. The van der Waals surface area contributed by atoms with Gasteiger partial charge in [0.2, 0.25) is 17.7 Å². The second-order valence-corrected chi connectivity index (χ2v) is 46.1. The summed E-state index contributed by atoms with van der Waals surface area (Å²) in [6.45, 7) is 29.4. The number of carbonyl (C=O) groups is 4. The molecule has 20 rings (SSSR count). The molecule has 0 bridgehead atoms. The summed E-state index contributed by atoms with van der Waals surface area (Å²) in [5.41, 5.74) is 3.93. The molecule has 0 aromatic carbocycles. The number of pyridine rings is 1. The number of nitrogens with zero attached hydrogens (tertiary/aromatic N) is 4. The first-order valence-corrected chi connectivity index (χ1v) is 48.8. The molecule has 119 heavy (non-hydrogen) atoms. The minimum Gasteiger partial charge on any atom is -0.445 e. The van der Waals surface area contributed by atoms with Crippen molar-refractivity contribution in [3.63, 3.8) is 0 Å². The van der Waals surface area contributed by atoms with Crippen LogP contribution in [0.1, 0.15) is 338 Å². The van der Waals surface area contributed by atoms with Crippen molar-refractivity contribution in [1.29, 1.82) is 0 Å². The third kappa shape index (κ3) is 16.5. The van der Waals surface area contributed by atoms with Gasteiger partial charge in [0, 0.05) is 42.0 Å². The molecule has 0 spiro atoms. The standard InChI is InChI=1S/2C26H39NO3.C26H37NO3.C26H37NO2/c3*1-15-16(2)30-24(27-15)13-23(28)22-8-7-21-20-6-5-17-14-25(3,29)11-9-18(17)19(20)10-12-26(21,22)4;1-25(29)12-10-19-17(16-25)6-7-21-20(19)11-13-26(2)22(21)8-9-23(26)24(28)15-18-5-3-4-14-27-18/h2*17-22,29H,5-14H2,1-4H3;5,18-22,29H,6-14H2,1-4H3;3-5,14,17,19-23,29H,6-13,15-16H2,1-2H3/t17-,18+,19-,20-,21+,22-,25-,26+;17-,18-,19+,20+,21-,22+,25+,26-;18-,19+,20+,21-,22+,25+,26-;17-,19+,20-,21-,22+,23-,25-,26+/m1001/s1. The number of aliphatic hydroxyl groups is 4. The highest BCUT2D eigenvalue weighted by Crippen LogP contribution is 2.70. The van der Waals surface area contributed by atoms with E-state index in [1.165, 1.54) is 140 Å². The molecule has 0 aliphatic heterocycles. The van der Waals surface area contributed by atoms with Crippen LogP contribution in [0, 0.1) is 199 Å². The maximum Gasteiger partial charge on any atom is 0.202 e. The number of hydrogen-bond donors (Lipinski definition) is 4. The van der Waals surface area contributed by atoms with Crippen molar-refractivity contribution in [2.75, 3.05) is 0 Å². The minimum atomic E-state index is -0.514. The number of rotatable bonds is 12. The van der Waals surface area contributed by atoms with Gasteiger partial charge in [0.15, 0.2) is 0 Å². The third-order valence-corrected chi connectivity index (χ3v) is 39.3. The zero-order chi connectivity index (χ0) is 84.0. The van der Waals surface area contributed by atoms with Gasteiger partial charge >= 0.3 is 0 Å². The first-order chi connectivity index (χ1) is 56.4. The van der Waals surface area contributed by atoms with Crippen molar-refractivity contribution in [2.45, 2.75) is 370 Å². The molecular weight excluding hydrogens is 1480 g/mol. The summed E-state index contributed by atoms with van der Waals surface area (Å²) in [5.74, 6) is 20.8. The van der Waals surface area contributed by atoms with E-state index < -0.39 is 22.4 Å². The summed E-state index contributed by atoms with van der Waals surface area (Å²) in [6, 6.07) is 5.89. The summed E-state index contributed by atoms with van der Waals surface area (Å²) < 4.78 is 17.2. The predicted molar refractivity (Wildman–Crippen MR) is 462 cm³/mol. The van der Waals surface area contributed by atoms with E-state index in [9.17, 15) is 39.6 Å². The van der Waals surface area contributed by atoms with Gasteiger partial charge in [-0.25, -0.2) is 15.0 Å². The van der Waals surface area contributed by atoms with Crippen LogP contribution in [0.25, 0.3) is 0 Å². The molecule has 15 saturated carbocycles. The van der Waals surface area contributed by atoms with Crippen molar-refractivity contribution >= 4 is 23.1 Å². The van der Waals surface area contributed by atoms with E-state index in [1.54, 1.807) is 6.20 Å². The van der Waals surface area contributed by atoms with Crippen molar-refractivity contribution in [2.24, 2.45) is 158 Å². The number of carbonyl (C=O) groups excluding carboxylic acids is 4. The van der Waals surface area contributed by atoms with Crippen LogP contribution in [0.2, 0.25) is 0 Å². The molecule has 0 amide bonds. The SMILES string of the molecule is C[C@@]1(O)CC[C@H]2[C@H](CC[C@@H]3[C@@H]2CC[C@]2(C)[C@@H](C(=O)Cc4ccccn4)CC[C@@H]32)C1.Cc1nc(CC(=O)[C@H]2CC[C@H]3[C@@H]4CC=C5C[C@](C)(O)CC[C@@H]5[C@H]4CC[C@]23C)oc1C.Cc1nc(CC(=O)[C@H]2CC[C@H]3[C@@H]4CC[C@@H]5C[C@](C)(O)CC[C@@H]5[C@H]4CC[C@]23C)oc1C.Cc1nc(CC(=O)[C@H]2CC[C@H]3[C@@H]4CC[C@H]5C[C@](C)(O)CC[C@@H]5[C@H]4CC[C@]23C)oc1C. The Balaban J connectivity index is 0.000000113. The molecule has 16 aliphatic carbocycles. The summed E-state index contributed by atoms with van der Waals surface area (Å²) in [5, 5.41) is 42.3. The van der Waals surface area contributed by atoms with Gasteiger partial charge in [0.1, 0.15) is 40.4 Å². The topological polar surface area (TPSA) is 240 Å². The van der Waals surface area contributed by atoms with Gasteiger partial charge < -0.3 is 33.7 Å². The molecule has 16 aliphatic rings. The lowest BCUT2D eigenvalue weighted by molar-refractivity contribution is -0.132. The average Bonchev–Trinajstić information content (AvgIpc) is 1.61. The van der Waals surface area contributed by atoms with E-state index in [0.29, 0.717) is 96.1 Å². The Morgan fingerprint density at radius 2 is 0.681 bits per heavy atom. The maximum atomic E-state index is 13.3. The van der Waals surface area contributed by atoms with Gasteiger partial charge in [0.25, 0.3) is 0 Å². The summed E-state index contributed by atoms with van der Waals surface area (Å²) >= 11 is 0. The van der Waals surface area contributed by atoms with E-state index in [0.717, 1.165) is 213 Å². The highest BCUT2D eigenvalue weighted by molar-refractivity contribution is 5.85. The van der Waals surface area contributed by atoms with Crippen LogP contribution in [0.15, 0.2) is 49.3 Å². The number of allylic oxidation sites excluding steroid dienone is 1. The maximum absolute atomic E-state index is 13.3. The lowest BCUT2D eigenvalue weighted by atomic mass is 9.49. The van der Waals surface area contributed by atoms with Crippen LogP contribution >= 0.6 is 0 Å². The Hall–Kier alpha value is -4.96. The number of Topliss-reactive ketones (excluding diaryl/α,β-unsaturated/α-hetero) is 4. The van der Waals surface area contributed by atoms with Gasteiger partial charge in [-0.1, -0.05) is 45.4 Å². The van der Waals surface area contributed by atoms with Gasteiger partial charge in [0.05, 0.1) is 58.7 Å². The summed E-state index contributed by atoms with van der Waals surface area (Å²) in [7, 11) is 0. The second-order valence-electron chi connectivity index (χ2n) is 46.1. The first kappa shape index (κ1) is 86.2. The number of aromatic nitrogens is 4. The highest BCUT2D eigenvalue weighted by Gasteiger charge is 2.64. The van der Waals surface area contributed by atoms with Crippen molar-refractivity contribution < 1.29 is 52.9 Å². The molecule has 15 fully saturated rings. The molecule has 0 radical (unpaired) electrons. The monoisotopic (exact) mass is 1630 g/mol. The molecule has 4 aromatic heterocycles. The molecule has 31 atom stereocenters. The molecule has 654 valence electrons. The van der Waals surface area contributed by atoms with Crippen LogP contribution in [0.4, 0.5) is 0 Å². The smallest absolute Gasteiger partial charge is 0.202 e. The molecule has 4 N–H and O–H groups in total. The quantitative estimate of drug-likeness (QED) is 0.0965. The van der Waals surface area contributed by atoms with Crippen LogP contribution < -0.4 is 0 Å². The molecule has 0 saturated heterocycles. The number of oxazole rings is 3. The average molecular weight is 1630 g/mol. The van der Waals surface area contributed by atoms with Crippen LogP contribution in [-0.2, 0) is 44.9 Å². The van der Waals surface area contributed by atoms with Gasteiger partial charge in [-0.3, -0.25) is 24.2 Å². The number of fused-ring (bicyclic) bond motifs is 20. The van der Waals surface area contributed by atoms with E-state index in [4.69, 9.17) is 13.3 Å². The van der Waals surface area contributed by atoms with Crippen molar-refractivity contribution in [3.8, 4) is 0 Å². The second kappa shape index (κ2) is 32.8. The lowest BCUT2D eigenvalue weighted by Crippen LogP contribution is -2.51. The number of aryl methyl sites for hydroxylation is 6. The van der Waals surface area contributed by atoms with Crippen molar-refractivity contribution in [1.82, 2.24) is 19.9 Å². The Kier molecular flexibility index (Phi) is 23.7. The summed E-state index contributed by atoms with van der Waals surface area (Å²) in [6.07, 6.45) is 46.1. The van der Waals surface area contributed by atoms with E-state index in [-0.39, 0.29) is 45.3 Å². The molecule has 15 heteroatoms. The summed E-state index contributed by atoms with van der Waals surface area (Å²) in [4.78, 5) is 71.0. The zero-order valence-electron chi connectivity index (χ0n) is 75.7. The number of hydrogen-bond acceptors (Lipinski definition) is 15. The minimum absolute atomic E-state index is 0.125. The molecule has 4 heterocycles. The van der Waals surface area contributed by atoms with Gasteiger partial charge in [-0.15, -0.1) is 0 Å². The Labute approximate surface area is 713 Å². The van der Waals surface area contributed by atoms with E-state index in [2.05, 4.69) is 53.7 Å². The van der Waals surface area contributed by atoms with Crippen molar-refractivity contribution in [3.05, 3.63) is 93.8 Å². The molecule has 15 nitrogen and oxygen atoms in total. The first-order valence-electron chi connectivity index (χ1n) is 48.8. The zero-order valence-corrected chi connectivity index (χ0v) is 75.7. The molecular formula is C104H152N4O11. The Bertz CT molecular complexity index is 4190. The largest absolute Gasteiger partial charge is 0.445 e.